The minimum absolute atomic E-state index is 0.0167. The van der Waals surface area contributed by atoms with E-state index in [0.29, 0.717) is 36.9 Å². The fourth-order valence-corrected chi connectivity index (χ4v) is 3.81. The molecular formula is C14H26N4O2S3. The molecule has 0 aromatic rings. The molecule has 0 aromatic heterocycles. The van der Waals surface area contributed by atoms with Crippen LogP contribution in [0.1, 0.15) is 26.2 Å². The maximum absolute atomic E-state index is 12.9. The zero-order valence-electron chi connectivity index (χ0n) is 13.4. The fourth-order valence-electron chi connectivity index (χ4n) is 3.38. The summed E-state index contributed by atoms with van der Waals surface area (Å²) in [4.78, 5) is 30.7. The van der Waals surface area contributed by atoms with Crippen LogP contribution < -0.4 is 5.32 Å². The summed E-state index contributed by atoms with van der Waals surface area (Å²) in [6.07, 6.45) is 2.12. The summed E-state index contributed by atoms with van der Waals surface area (Å²) >= 11 is 12.7. The summed E-state index contributed by atoms with van der Waals surface area (Å²) in [5, 5.41) is 3.03. The highest BCUT2D eigenvalue weighted by molar-refractivity contribution is 7.80. The van der Waals surface area contributed by atoms with E-state index in [4.69, 9.17) is 0 Å². The molecule has 0 spiro atoms. The van der Waals surface area contributed by atoms with Crippen LogP contribution >= 0.6 is 37.9 Å². The molecule has 2 unspecified atom stereocenters. The van der Waals surface area contributed by atoms with Crippen molar-refractivity contribution in [1.29, 1.82) is 0 Å². The van der Waals surface area contributed by atoms with E-state index in [9.17, 15) is 9.59 Å². The van der Waals surface area contributed by atoms with E-state index >= 15 is 0 Å². The monoisotopic (exact) mass is 378 g/mol. The summed E-state index contributed by atoms with van der Waals surface area (Å²) in [6, 6.07) is -0.129. The predicted octanol–water partition coefficient (Wildman–Crippen LogP) is 1.75. The molecule has 132 valence electrons. The van der Waals surface area contributed by atoms with E-state index in [0.717, 1.165) is 19.3 Å². The third kappa shape index (κ3) is 3.51. The molecular weight excluding hydrogens is 352 g/mol. The zero-order chi connectivity index (χ0) is 17.0. The SMILES string of the molecule is CC12NC(=O)N(CCCS)C1N(CCCS)C(=O)N2CCCS. The van der Waals surface area contributed by atoms with E-state index in [2.05, 4.69) is 43.2 Å². The molecule has 2 rings (SSSR count). The summed E-state index contributed by atoms with van der Waals surface area (Å²) in [5.74, 6) is 2.13. The molecule has 2 saturated heterocycles. The van der Waals surface area contributed by atoms with Crippen LogP contribution in [0.2, 0.25) is 0 Å². The molecule has 0 radical (unpaired) electrons. The quantitative estimate of drug-likeness (QED) is 0.462. The summed E-state index contributed by atoms with van der Waals surface area (Å²) in [6.45, 7) is 3.73. The number of nitrogens with one attached hydrogen (secondary N) is 1. The fraction of sp³-hybridized carbons (Fsp3) is 0.857. The molecule has 2 fully saturated rings. The van der Waals surface area contributed by atoms with Gasteiger partial charge in [0.15, 0.2) is 11.8 Å². The van der Waals surface area contributed by atoms with Crippen molar-refractivity contribution in [2.75, 3.05) is 36.9 Å². The Morgan fingerprint density at radius 2 is 1.48 bits per heavy atom. The van der Waals surface area contributed by atoms with Crippen molar-refractivity contribution >= 4 is 49.9 Å². The van der Waals surface area contributed by atoms with E-state index in [1.54, 1.807) is 9.80 Å². The van der Waals surface area contributed by atoms with Crippen LogP contribution in [0.25, 0.3) is 0 Å². The average molecular weight is 379 g/mol. The largest absolute Gasteiger partial charge is 0.323 e. The van der Waals surface area contributed by atoms with Crippen molar-refractivity contribution in [2.24, 2.45) is 0 Å². The number of hydrogen-bond donors (Lipinski definition) is 4. The van der Waals surface area contributed by atoms with Crippen LogP contribution in [0.4, 0.5) is 9.59 Å². The van der Waals surface area contributed by atoms with Crippen LogP contribution in [0.3, 0.4) is 0 Å². The lowest BCUT2D eigenvalue weighted by Gasteiger charge is -2.34. The lowest BCUT2D eigenvalue weighted by molar-refractivity contribution is 0.0933. The number of rotatable bonds is 9. The molecule has 9 heteroatoms. The Balaban J connectivity index is 2.28. The molecule has 1 N–H and O–H groups in total. The van der Waals surface area contributed by atoms with Crippen LogP contribution in [-0.2, 0) is 0 Å². The van der Waals surface area contributed by atoms with Gasteiger partial charge < -0.3 is 5.32 Å². The topological polar surface area (TPSA) is 55.9 Å². The molecule has 0 bridgehead atoms. The first-order valence-electron chi connectivity index (χ1n) is 8.01. The Kier molecular flexibility index (Phi) is 6.67. The molecule has 2 heterocycles. The van der Waals surface area contributed by atoms with E-state index < -0.39 is 5.66 Å². The average Bonchev–Trinajstić information content (AvgIpc) is 2.87. The van der Waals surface area contributed by atoms with Crippen molar-refractivity contribution in [3.8, 4) is 0 Å². The lowest BCUT2D eigenvalue weighted by atomic mass is 10.1. The molecule has 23 heavy (non-hydrogen) atoms. The van der Waals surface area contributed by atoms with E-state index in [1.807, 2.05) is 11.8 Å². The molecule has 0 aliphatic carbocycles. The maximum Gasteiger partial charge on any atom is 0.323 e. The number of carbonyl (C=O) groups excluding carboxylic acids is 2. The second kappa shape index (κ2) is 8.11. The molecule has 2 aliphatic rings. The van der Waals surface area contributed by atoms with E-state index in [-0.39, 0.29) is 18.2 Å². The van der Waals surface area contributed by atoms with Crippen molar-refractivity contribution < 1.29 is 9.59 Å². The minimum atomic E-state index is -0.690. The third-order valence-corrected chi connectivity index (χ3v) is 5.35. The van der Waals surface area contributed by atoms with Crippen molar-refractivity contribution in [3.63, 3.8) is 0 Å². The van der Waals surface area contributed by atoms with Crippen molar-refractivity contribution in [3.05, 3.63) is 0 Å². The first kappa shape index (κ1) is 18.9. The van der Waals surface area contributed by atoms with Gasteiger partial charge in [-0.25, -0.2) is 9.59 Å². The maximum atomic E-state index is 12.9. The summed E-state index contributed by atoms with van der Waals surface area (Å²) < 4.78 is 0. The Morgan fingerprint density at radius 3 is 2.04 bits per heavy atom. The number of carbonyl (C=O) groups is 2. The second-order valence-corrected chi connectivity index (χ2v) is 7.35. The lowest BCUT2D eigenvalue weighted by Crippen LogP contribution is -2.56. The summed E-state index contributed by atoms with van der Waals surface area (Å²) in [5.41, 5.74) is -0.690. The van der Waals surface area contributed by atoms with Gasteiger partial charge in [0, 0.05) is 19.6 Å². The van der Waals surface area contributed by atoms with Gasteiger partial charge in [-0.3, -0.25) is 14.7 Å². The van der Waals surface area contributed by atoms with Crippen LogP contribution in [0.15, 0.2) is 0 Å². The highest BCUT2D eigenvalue weighted by Gasteiger charge is 2.62. The number of fused-ring (bicyclic) bond motifs is 1. The van der Waals surface area contributed by atoms with Crippen LogP contribution in [-0.4, -0.2) is 75.5 Å². The molecule has 2 atom stereocenters. The van der Waals surface area contributed by atoms with Crippen molar-refractivity contribution in [2.45, 2.75) is 38.0 Å². The van der Waals surface area contributed by atoms with Gasteiger partial charge in [0.05, 0.1) is 0 Å². The standard InChI is InChI=1S/C14H26N4O2S3/c1-14-11(16(5-2-8-21)12(19)15-14)17(6-3-9-22)13(20)18(14)7-4-10-23/h11,21-23H,2-10H2,1H3,(H,15,19). The Labute approximate surface area is 154 Å². The smallest absolute Gasteiger partial charge is 0.311 e. The van der Waals surface area contributed by atoms with Gasteiger partial charge in [0.1, 0.15) is 0 Å². The molecule has 0 aromatic carbocycles. The Hall–Kier alpha value is -0.410. The first-order chi connectivity index (χ1) is 11.0. The first-order valence-corrected chi connectivity index (χ1v) is 9.90. The van der Waals surface area contributed by atoms with Crippen LogP contribution in [0.5, 0.6) is 0 Å². The van der Waals surface area contributed by atoms with Gasteiger partial charge in [-0.05, 0) is 43.4 Å². The van der Waals surface area contributed by atoms with Crippen LogP contribution in [0, 0.1) is 0 Å². The Bertz CT molecular complexity index is 454. The highest BCUT2D eigenvalue weighted by atomic mass is 32.1. The van der Waals surface area contributed by atoms with Gasteiger partial charge in [-0.2, -0.15) is 37.9 Å². The van der Waals surface area contributed by atoms with Crippen molar-refractivity contribution in [1.82, 2.24) is 20.0 Å². The Morgan fingerprint density at radius 1 is 0.957 bits per heavy atom. The number of hydrogen-bond acceptors (Lipinski definition) is 5. The van der Waals surface area contributed by atoms with Gasteiger partial charge in [0.25, 0.3) is 0 Å². The number of thiol groups is 3. The highest BCUT2D eigenvalue weighted by Crippen LogP contribution is 2.37. The second-order valence-electron chi connectivity index (χ2n) is 6.00. The molecule has 4 amide bonds. The number of amides is 4. The number of urea groups is 2. The predicted molar refractivity (Wildman–Crippen MR) is 102 cm³/mol. The molecule has 2 aliphatic heterocycles. The van der Waals surface area contributed by atoms with Gasteiger partial charge in [0.2, 0.25) is 0 Å². The number of nitrogens with zero attached hydrogens (tertiary/aromatic N) is 3. The van der Waals surface area contributed by atoms with Gasteiger partial charge >= 0.3 is 12.1 Å². The molecule has 0 saturated carbocycles. The van der Waals surface area contributed by atoms with E-state index in [1.165, 1.54) is 0 Å². The normalized spacial score (nSPS) is 27.0. The van der Waals surface area contributed by atoms with Gasteiger partial charge in [-0.1, -0.05) is 0 Å². The third-order valence-electron chi connectivity index (χ3n) is 4.41. The minimum Gasteiger partial charge on any atom is -0.311 e. The molecule has 6 nitrogen and oxygen atoms in total. The zero-order valence-corrected chi connectivity index (χ0v) is 16.1. The summed E-state index contributed by atoms with van der Waals surface area (Å²) in [7, 11) is 0. The van der Waals surface area contributed by atoms with Gasteiger partial charge in [-0.15, -0.1) is 0 Å².